The Morgan fingerprint density at radius 2 is 1.97 bits per heavy atom. The van der Waals surface area contributed by atoms with E-state index in [9.17, 15) is 9.50 Å². The molecule has 0 radical (unpaired) electrons. The van der Waals surface area contributed by atoms with Crippen molar-refractivity contribution >= 4 is 27.3 Å². The Labute approximate surface area is 192 Å². The molecule has 172 valence electrons. The number of aliphatic hydroxyl groups is 1. The number of aryl methyl sites for hydroxylation is 1. The minimum absolute atomic E-state index is 0.226. The molecule has 1 saturated heterocycles. The Morgan fingerprint density at radius 3 is 2.76 bits per heavy atom. The van der Waals surface area contributed by atoms with Gasteiger partial charge in [0, 0.05) is 47.8 Å². The first-order valence-electron chi connectivity index (χ1n) is 12.1. The van der Waals surface area contributed by atoms with Gasteiger partial charge in [0.25, 0.3) is 0 Å². The van der Waals surface area contributed by atoms with Gasteiger partial charge in [-0.25, -0.2) is 9.37 Å². The van der Waals surface area contributed by atoms with Gasteiger partial charge < -0.3 is 14.2 Å². The smallest absolute Gasteiger partial charge is 0.128 e. The van der Waals surface area contributed by atoms with Crippen LogP contribution in [0.3, 0.4) is 0 Å². The molecular formula is C27H30FN3O2. The Balaban J connectivity index is 1.66. The molecule has 6 rings (SSSR count). The van der Waals surface area contributed by atoms with E-state index in [-0.39, 0.29) is 5.82 Å². The predicted molar refractivity (Wildman–Crippen MR) is 128 cm³/mol. The van der Waals surface area contributed by atoms with E-state index >= 15 is 0 Å². The van der Waals surface area contributed by atoms with E-state index in [0.717, 1.165) is 52.6 Å². The lowest BCUT2D eigenvalue weighted by molar-refractivity contribution is 0.00232. The number of hydrogen-bond donors (Lipinski definition) is 1. The number of halogens is 1. The predicted octanol–water partition coefficient (Wildman–Crippen LogP) is 5.20. The summed E-state index contributed by atoms with van der Waals surface area (Å²) in [6, 6.07) is 5.60. The van der Waals surface area contributed by atoms with Crippen LogP contribution in [0.25, 0.3) is 27.3 Å². The minimum atomic E-state index is -0.914. The van der Waals surface area contributed by atoms with Crippen molar-refractivity contribution < 1.29 is 14.2 Å². The lowest BCUT2D eigenvalue weighted by atomic mass is 9.86. The first-order chi connectivity index (χ1) is 16.0. The van der Waals surface area contributed by atoms with Crippen LogP contribution < -0.4 is 0 Å². The molecule has 0 bridgehead atoms. The van der Waals surface area contributed by atoms with Gasteiger partial charge in [0.05, 0.1) is 35.4 Å². The SMILES string of the molecule is CCC1(O)CCOCc2cn3cc4c(CN5CCCC5)c5cc(C)c(F)cc5nc4c3cc21. The van der Waals surface area contributed by atoms with Gasteiger partial charge in [-0.3, -0.25) is 4.90 Å². The molecule has 0 aliphatic carbocycles. The molecule has 4 aromatic rings. The molecule has 0 saturated carbocycles. The summed E-state index contributed by atoms with van der Waals surface area (Å²) in [4.78, 5) is 7.44. The van der Waals surface area contributed by atoms with Crippen LogP contribution in [-0.2, 0) is 23.5 Å². The zero-order chi connectivity index (χ0) is 22.7. The van der Waals surface area contributed by atoms with Gasteiger partial charge in [0.15, 0.2) is 0 Å². The number of ether oxygens (including phenoxy) is 1. The molecule has 5 heterocycles. The third-order valence-electron chi connectivity index (χ3n) is 7.71. The van der Waals surface area contributed by atoms with E-state index in [2.05, 4.69) is 27.8 Å². The molecule has 3 aromatic heterocycles. The Bertz CT molecular complexity index is 1390. The highest BCUT2D eigenvalue weighted by atomic mass is 19.1. The van der Waals surface area contributed by atoms with Crippen molar-refractivity contribution in [2.24, 2.45) is 0 Å². The number of nitrogens with zero attached hydrogens (tertiary/aromatic N) is 3. The van der Waals surface area contributed by atoms with Crippen molar-refractivity contribution in [3.05, 3.63) is 58.7 Å². The second-order valence-corrected chi connectivity index (χ2v) is 9.78. The van der Waals surface area contributed by atoms with Crippen LogP contribution in [-0.4, -0.2) is 39.1 Å². The van der Waals surface area contributed by atoms with E-state index in [1.807, 2.05) is 19.9 Å². The molecule has 1 atom stereocenters. The monoisotopic (exact) mass is 447 g/mol. The first-order valence-corrected chi connectivity index (χ1v) is 12.1. The summed E-state index contributed by atoms with van der Waals surface area (Å²) in [7, 11) is 0. The fourth-order valence-corrected chi connectivity index (χ4v) is 5.66. The average molecular weight is 448 g/mol. The summed E-state index contributed by atoms with van der Waals surface area (Å²) in [5.41, 5.74) is 5.38. The van der Waals surface area contributed by atoms with Crippen LogP contribution in [0, 0.1) is 12.7 Å². The standard InChI is InChI=1S/C27H30FN3O2/c1-3-27(32)6-9-33-16-18-13-31-15-21-20(14-30-7-4-5-8-30)19-10-17(2)23(28)12-24(19)29-26(21)25(31)11-22(18)27/h10-13,15,32H,3-9,14,16H2,1-2H3. The van der Waals surface area contributed by atoms with Gasteiger partial charge in [0.1, 0.15) is 5.82 Å². The summed E-state index contributed by atoms with van der Waals surface area (Å²) in [5.74, 6) is -0.226. The van der Waals surface area contributed by atoms with Crippen molar-refractivity contribution in [2.75, 3.05) is 19.7 Å². The topological polar surface area (TPSA) is 50.0 Å². The highest BCUT2D eigenvalue weighted by Gasteiger charge is 2.32. The van der Waals surface area contributed by atoms with E-state index < -0.39 is 5.60 Å². The third-order valence-corrected chi connectivity index (χ3v) is 7.71. The Morgan fingerprint density at radius 1 is 1.15 bits per heavy atom. The number of aromatic nitrogens is 2. The molecule has 0 spiro atoms. The van der Waals surface area contributed by atoms with E-state index in [1.165, 1.54) is 18.4 Å². The maximum Gasteiger partial charge on any atom is 0.128 e. The highest BCUT2D eigenvalue weighted by molar-refractivity contribution is 6.04. The maximum atomic E-state index is 14.5. The number of benzene rings is 1. The first kappa shape index (κ1) is 21.0. The summed E-state index contributed by atoms with van der Waals surface area (Å²) in [6.07, 6.45) is 7.87. The lowest BCUT2D eigenvalue weighted by Crippen LogP contribution is -2.26. The van der Waals surface area contributed by atoms with E-state index in [0.29, 0.717) is 37.1 Å². The molecular weight excluding hydrogens is 417 g/mol. The van der Waals surface area contributed by atoms with Crippen molar-refractivity contribution in [3.63, 3.8) is 0 Å². The van der Waals surface area contributed by atoms with E-state index in [1.54, 1.807) is 6.07 Å². The Kier molecular flexibility index (Phi) is 4.94. The van der Waals surface area contributed by atoms with Crippen LogP contribution in [0.4, 0.5) is 4.39 Å². The van der Waals surface area contributed by atoms with Gasteiger partial charge >= 0.3 is 0 Å². The molecule has 1 N–H and O–H groups in total. The largest absolute Gasteiger partial charge is 0.385 e. The zero-order valence-electron chi connectivity index (χ0n) is 19.3. The van der Waals surface area contributed by atoms with Crippen molar-refractivity contribution in [1.82, 2.24) is 14.3 Å². The van der Waals surface area contributed by atoms with Gasteiger partial charge in [-0.1, -0.05) is 6.92 Å². The van der Waals surface area contributed by atoms with Crippen molar-refractivity contribution in [1.29, 1.82) is 0 Å². The summed E-state index contributed by atoms with van der Waals surface area (Å²) in [5, 5.41) is 13.5. The summed E-state index contributed by atoms with van der Waals surface area (Å²) in [6.45, 7) is 7.87. The second kappa shape index (κ2) is 7.76. The number of likely N-dealkylation sites (tertiary alicyclic amines) is 1. The zero-order valence-corrected chi connectivity index (χ0v) is 19.3. The Hall–Kier alpha value is -2.54. The second-order valence-electron chi connectivity index (χ2n) is 9.78. The molecule has 33 heavy (non-hydrogen) atoms. The van der Waals surface area contributed by atoms with Gasteiger partial charge in [0.2, 0.25) is 0 Å². The van der Waals surface area contributed by atoms with Crippen molar-refractivity contribution in [2.45, 2.75) is 58.3 Å². The van der Waals surface area contributed by atoms with Crippen LogP contribution in [0.5, 0.6) is 0 Å². The van der Waals surface area contributed by atoms with Crippen LogP contribution in [0.2, 0.25) is 0 Å². The number of rotatable bonds is 3. The van der Waals surface area contributed by atoms with Crippen LogP contribution >= 0.6 is 0 Å². The van der Waals surface area contributed by atoms with Gasteiger partial charge in [-0.15, -0.1) is 0 Å². The van der Waals surface area contributed by atoms with Gasteiger partial charge in [-0.05, 0) is 68.1 Å². The maximum absolute atomic E-state index is 14.5. The third kappa shape index (κ3) is 3.35. The highest BCUT2D eigenvalue weighted by Crippen LogP contribution is 2.38. The van der Waals surface area contributed by atoms with Gasteiger partial charge in [-0.2, -0.15) is 0 Å². The van der Waals surface area contributed by atoms with Crippen molar-refractivity contribution in [3.8, 4) is 0 Å². The van der Waals surface area contributed by atoms with Crippen LogP contribution in [0.15, 0.2) is 30.6 Å². The molecule has 1 unspecified atom stereocenters. The van der Waals surface area contributed by atoms with Crippen LogP contribution in [0.1, 0.15) is 54.9 Å². The fraction of sp³-hybridized carbons (Fsp3) is 0.444. The average Bonchev–Trinajstić information content (AvgIpc) is 3.40. The number of hydrogen-bond acceptors (Lipinski definition) is 4. The van der Waals surface area contributed by atoms with E-state index in [4.69, 9.17) is 9.72 Å². The summed E-state index contributed by atoms with van der Waals surface area (Å²) >= 11 is 0. The molecule has 1 aromatic carbocycles. The molecule has 1 fully saturated rings. The fourth-order valence-electron chi connectivity index (χ4n) is 5.66. The number of pyridine rings is 2. The lowest BCUT2D eigenvalue weighted by Gasteiger charge is -2.27. The number of fused-ring (bicyclic) bond motifs is 5. The minimum Gasteiger partial charge on any atom is -0.385 e. The molecule has 5 nitrogen and oxygen atoms in total. The molecule has 2 aliphatic rings. The normalized spacial score (nSPS) is 21.8. The summed E-state index contributed by atoms with van der Waals surface area (Å²) < 4.78 is 22.5. The molecule has 0 amide bonds. The quantitative estimate of drug-likeness (QED) is 0.469. The molecule has 6 heteroatoms. The molecule has 2 aliphatic heterocycles.